The van der Waals surface area contributed by atoms with Gasteiger partial charge in [0.25, 0.3) is 0 Å². The number of nitrogens with zero attached hydrogens (tertiary/aromatic N) is 5. The Morgan fingerprint density at radius 3 is 2.38 bits per heavy atom. The summed E-state index contributed by atoms with van der Waals surface area (Å²) in [6.07, 6.45) is 4.87. The normalized spacial score (nSPS) is 21.3. The number of aromatic nitrogens is 4. The van der Waals surface area contributed by atoms with Crippen molar-refractivity contribution in [2.24, 2.45) is 11.7 Å². The molecule has 1 aliphatic carbocycles. The van der Waals surface area contributed by atoms with Crippen molar-refractivity contribution in [3.05, 3.63) is 35.8 Å². The van der Waals surface area contributed by atoms with Gasteiger partial charge in [-0.1, -0.05) is 0 Å². The molecule has 226 valence electrons. The fourth-order valence-electron chi connectivity index (χ4n) is 5.56. The number of ether oxygens (including phenoxy) is 1. The molecule has 11 nitrogen and oxygen atoms in total. The lowest BCUT2D eigenvalue weighted by atomic mass is 9.85. The summed E-state index contributed by atoms with van der Waals surface area (Å²) in [4.78, 5) is 39.6. The van der Waals surface area contributed by atoms with Crippen LogP contribution in [0, 0.1) is 23.4 Å². The van der Waals surface area contributed by atoms with Crippen LogP contribution in [0.15, 0.2) is 18.3 Å². The summed E-state index contributed by atoms with van der Waals surface area (Å²) < 4.78 is 49.9. The van der Waals surface area contributed by atoms with E-state index in [4.69, 9.17) is 15.5 Å². The number of benzene rings is 1. The number of piperidine rings is 1. The highest BCUT2D eigenvalue weighted by molar-refractivity contribution is 5.78. The van der Waals surface area contributed by atoms with Gasteiger partial charge in [0, 0.05) is 43.2 Å². The van der Waals surface area contributed by atoms with Crippen molar-refractivity contribution in [1.82, 2.24) is 24.4 Å². The minimum Gasteiger partial charge on any atom is -0.444 e. The third kappa shape index (κ3) is 6.52. The number of hydrogen-bond acceptors (Lipinski definition) is 8. The number of rotatable bonds is 6. The molecule has 3 heterocycles. The van der Waals surface area contributed by atoms with Crippen molar-refractivity contribution in [1.29, 1.82) is 0 Å². The zero-order chi connectivity index (χ0) is 30.2. The number of nitrogens with two attached hydrogens (primary N) is 1. The summed E-state index contributed by atoms with van der Waals surface area (Å²) >= 11 is 0. The van der Waals surface area contributed by atoms with Gasteiger partial charge < -0.3 is 26.0 Å². The Morgan fingerprint density at radius 2 is 1.74 bits per heavy atom. The number of anilines is 3. The van der Waals surface area contributed by atoms with Gasteiger partial charge in [-0.05, 0) is 59.3 Å². The van der Waals surface area contributed by atoms with Crippen molar-refractivity contribution >= 4 is 40.7 Å². The maximum absolute atomic E-state index is 14.6. The summed E-state index contributed by atoms with van der Waals surface area (Å²) in [5.74, 6) is -3.46. The maximum Gasteiger partial charge on any atom is 0.410 e. The number of hydrogen-bond donors (Lipinski definition) is 3. The molecular formula is C28H35F3N8O3. The van der Waals surface area contributed by atoms with E-state index in [2.05, 4.69) is 20.6 Å². The number of fused-ring (bicyclic) bond motifs is 1. The molecule has 2 fully saturated rings. The highest BCUT2D eigenvalue weighted by Gasteiger charge is 2.31. The van der Waals surface area contributed by atoms with E-state index in [-0.39, 0.29) is 36.0 Å². The van der Waals surface area contributed by atoms with E-state index in [0.29, 0.717) is 68.0 Å². The smallest absolute Gasteiger partial charge is 0.410 e. The molecule has 2 amide bonds. The molecular weight excluding hydrogens is 553 g/mol. The van der Waals surface area contributed by atoms with Crippen LogP contribution in [0.2, 0.25) is 0 Å². The molecule has 0 spiro atoms. The SMILES string of the molecule is CC(C)(C)OC(=O)N1CCC[C@@H](Nc2ncc3nc(Nc4c(F)cc(F)cc4F)n(C4CCC(C(N)=O)CC4)c3n2)C1. The molecule has 0 bridgehead atoms. The van der Waals surface area contributed by atoms with Crippen LogP contribution in [0.5, 0.6) is 0 Å². The second kappa shape index (κ2) is 11.6. The molecule has 4 N–H and O–H groups in total. The standard InChI is InChI=1S/C28H35F3N8O3/c1-28(2,3)42-27(41)38-10-4-5-17(14-38)34-25-33-13-21-24(37-25)39(18-8-6-15(7-9-18)23(32)40)26(35-21)36-22-19(30)11-16(29)12-20(22)31/h11-13,15,17-18H,4-10,14H2,1-3H3,(H2,32,40)(H,35,36)(H,33,34,37)/t15?,17-,18?/m1/s1. The molecule has 2 aromatic heterocycles. The highest BCUT2D eigenvalue weighted by Crippen LogP contribution is 2.37. The Bertz CT molecular complexity index is 1460. The predicted octanol–water partition coefficient (Wildman–Crippen LogP) is 5.02. The third-order valence-corrected chi connectivity index (χ3v) is 7.55. The van der Waals surface area contributed by atoms with Crippen LogP contribution in [-0.2, 0) is 9.53 Å². The van der Waals surface area contributed by atoms with Crippen LogP contribution in [0.3, 0.4) is 0 Å². The first-order valence-electron chi connectivity index (χ1n) is 14.1. The van der Waals surface area contributed by atoms with Gasteiger partial charge in [0.1, 0.15) is 22.6 Å². The first kappa shape index (κ1) is 29.4. The molecule has 1 aliphatic heterocycles. The molecule has 1 aromatic carbocycles. The van der Waals surface area contributed by atoms with Crippen LogP contribution in [0.4, 0.5) is 35.5 Å². The highest BCUT2D eigenvalue weighted by atomic mass is 19.1. The fraction of sp³-hybridized carbons (Fsp3) is 0.536. The molecule has 5 rings (SSSR count). The zero-order valence-electron chi connectivity index (χ0n) is 23.8. The summed E-state index contributed by atoms with van der Waals surface area (Å²) in [5, 5.41) is 5.99. The van der Waals surface area contributed by atoms with Gasteiger partial charge in [0.05, 0.1) is 6.20 Å². The van der Waals surface area contributed by atoms with Crippen molar-refractivity contribution in [3.8, 4) is 0 Å². The van der Waals surface area contributed by atoms with E-state index in [1.54, 1.807) is 9.47 Å². The van der Waals surface area contributed by atoms with Gasteiger partial charge >= 0.3 is 6.09 Å². The van der Waals surface area contributed by atoms with Gasteiger partial charge in [-0.3, -0.25) is 9.36 Å². The summed E-state index contributed by atoms with van der Waals surface area (Å²) in [6, 6.07) is 0.831. The lowest BCUT2D eigenvalue weighted by Gasteiger charge is -2.34. The number of likely N-dealkylation sites (tertiary alicyclic amines) is 1. The molecule has 0 radical (unpaired) electrons. The zero-order valence-corrected chi connectivity index (χ0v) is 23.8. The number of primary amides is 1. The number of imidazole rings is 1. The molecule has 1 saturated heterocycles. The Labute approximate surface area is 241 Å². The van der Waals surface area contributed by atoms with E-state index in [0.717, 1.165) is 12.8 Å². The minimum absolute atomic E-state index is 0.108. The van der Waals surface area contributed by atoms with Crippen LogP contribution in [0.25, 0.3) is 11.2 Å². The number of carbonyl (C=O) groups excluding carboxylic acids is 2. The van der Waals surface area contributed by atoms with Crippen molar-refractivity contribution in [3.63, 3.8) is 0 Å². The molecule has 0 unspecified atom stereocenters. The average molecular weight is 589 g/mol. The second-order valence-electron chi connectivity index (χ2n) is 11.9. The quantitative estimate of drug-likeness (QED) is 0.365. The summed E-state index contributed by atoms with van der Waals surface area (Å²) in [6.45, 7) is 6.44. The average Bonchev–Trinajstić information content (AvgIpc) is 3.27. The first-order chi connectivity index (χ1) is 19.9. The molecule has 1 saturated carbocycles. The molecule has 42 heavy (non-hydrogen) atoms. The van der Waals surface area contributed by atoms with E-state index in [1.165, 1.54) is 6.20 Å². The van der Waals surface area contributed by atoms with E-state index >= 15 is 0 Å². The maximum atomic E-state index is 14.6. The number of carbonyl (C=O) groups is 2. The van der Waals surface area contributed by atoms with Crippen molar-refractivity contribution in [2.75, 3.05) is 23.7 Å². The number of amides is 2. The number of nitrogens with one attached hydrogen (secondary N) is 2. The summed E-state index contributed by atoms with van der Waals surface area (Å²) in [7, 11) is 0. The van der Waals surface area contributed by atoms with Gasteiger partial charge in [0.2, 0.25) is 17.8 Å². The van der Waals surface area contributed by atoms with E-state index in [9.17, 15) is 22.8 Å². The molecule has 1 atom stereocenters. The first-order valence-corrected chi connectivity index (χ1v) is 14.1. The Morgan fingerprint density at radius 1 is 1.05 bits per heavy atom. The van der Waals surface area contributed by atoms with Crippen molar-refractivity contribution in [2.45, 2.75) is 77.0 Å². The minimum atomic E-state index is -1.11. The number of halogens is 3. The Kier molecular flexibility index (Phi) is 8.15. The lowest BCUT2D eigenvalue weighted by molar-refractivity contribution is -0.122. The molecule has 3 aromatic rings. The van der Waals surface area contributed by atoms with Crippen LogP contribution in [0.1, 0.15) is 65.3 Å². The van der Waals surface area contributed by atoms with Crippen molar-refractivity contribution < 1.29 is 27.5 Å². The Balaban J connectivity index is 1.44. The van der Waals surface area contributed by atoms with Crippen LogP contribution in [-0.4, -0.2) is 61.2 Å². The van der Waals surface area contributed by atoms with Crippen LogP contribution >= 0.6 is 0 Å². The van der Waals surface area contributed by atoms with E-state index in [1.807, 2.05) is 20.8 Å². The fourth-order valence-corrected chi connectivity index (χ4v) is 5.56. The van der Waals surface area contributed by atoms with Crippen LogP contribution < -0.4 is 16.4 Å². The molecule has 14 heteroatoms. The second-order valence-corrected chi connectivity index (χ2v) is 11.9. The lowest BCUT2D eigenvalue weighted by Crippen LogP contribution is -2.47. The topological polar surface area (TPSA) is 140 Å². The van der Waals surface area contributed by atoms with Gasteiger partial charge in [0.15, 0.2) is 17.3 Å². The summed E-state index contributed by atoms with van der Waals surface area (Å²) in [5.41, 5.74) is 5.16. The molecule has 2 aliphatic rings. The predicted molar refractivity (Wildman–Crippen MR) is 150 cm³/mol. The third-order valence-electron chi connectivity index (χ3n) is 7.55. The Hall–Kier alpha value is -4.10. The monoisotopic (exact) mass is 588 g/mol. The van der Waals surface area contributed by atoms with Gasteiger partial charge in [-0.15, -0.1) is 0 Å². The van der Waals surface area contributed by atoms with Gasteiger partial charge in [-0.2, -0.15) is 4.98 Å². The van der Waals surface area contributed by atoms with E-state index < -0.39 is 28.7 Å². The van der Waals surface area contributed by atoms with Gasteiger partial charge in [-0.25, -0.2) is 27.9 Å². The largest absolute Gasteiger partial charge is 0.444 e.